The van der Waals surface area contributed by atoms with E-state index in [0.717, 1.165) is 0 Å². The molecule has 0 saturated carbocycles. The molecule has 4 atom stereocenters. The van der Waals surface area contributed by atoms with Crippen molar-refractivity contribution in [1.29, 1.82) is 0 Å². The molecular weight excluding hydrogens is 260 g/mol. The minimum absolute atomic E-state index is 0.00136. The number of ketones is 2. The van der Waals surface area contributed by atoms with Crippen LogP contribution in [-0.2, 0) is 19.1 Å². The molecule has 20 heavy (non-hydrogen) atoms. The van der Waals surface area contributed by atoms with Crippen LogP contribution < -0.4 is 0 Å². The molecule has 2 rings (SSSR count). The van der Waals surface area contributed by atoms with Crippen molar-refractivity contribution in [3.05, 3.63) is 24.3 Å². The highest BCUT2D eigenvalue weighted by Gasteiger charge is 2.52. The van der Waals surface area contributed by atoms with E-state index in [9.17, 15) is 19.5 Å². The molecule has 5 heteroatoms. The topological polar surface area (TPSA) is 80.7 Å². The van der Waals surface area contributed by atoms with E-state index in [2.05, 4.69) is 6.58 Å². The minimum atomic E-state index is -1.35. The summed E-state index contributed by atoms with van der Waals surface area (Å²) < 4.78 is 5.24. The van der Waals surface area contributed by atoms with Crippen LogP contribution in [0.1, 0.15) is 26.7 Å². The highest BCUT2D eigenvalue weighted by atomic mass is 16.6. The van der Waals surface area contributed by atoms with Crippen LogP contribution in [0.2, 0.25) is 0 Å². The summed E-state index contributed by atoms with van der Waals surface area (Å²) in [5.41, 5.74) is -1.08. The Morgan fingerprint density at radius 1 is 1.50 bits per heavy atom. The Morgan fingerprint density at radius 3 is 2.65 bits per heavy atom. The number of hydrogen-bond acceptors (Lipinski definition) is 5. The predicted molar refractivity (Wildman–Crippen MR) is 70.7 cm³/mol. The second-order valence-corrected chi connectivity index (χ2v) is 5.68. The lowest BCUT2D eigenvalue weighted by Gasteiger charge is -2.30. The second-order valence-electron chi connectivity index (χ2n) is 5.68. The highest BCUT2D eigenvalue weighted by molar-refractivity contribution is 5.98. The molecule has 0 amide bonds. The van der Waals surface area contributed by atoms with E-state index in [1.807, 2.05) is 0 Å². The quantitative estimate of drug-likeness (QED) is 0.612. The van der Waals surface area contributed by atoms with Crippen molar-refractivity contribution in [2.24, 2.45) is 11.8 Å². The lowest BCUT2D eigenvalue weighted by molar-refractivity contribution is -0.147. The molecule has 0 bridgehead atoms. The molecule has 1 N–H and O–H groups in total. The largest absolute Gasteiger partial charge is 0.457 e. The third-order valence-corrected chi connectivity index (χ3v) is 4.01. The monoisotopic (exact) mass is 278 g/mol. The third kappa shape index (κ3) is 2.45. The lowest BCUT2D eigenvalue weighted by atomic mass is 9.78. The number of carbonyl (C=O) groups excluding carboxylic acids is 3. The average Bonchev–Trinajstić information content (AvgIpc) is 2.75. The van der Waals surface area contributed by atoms with Gasteiger partial charge in [-0.15, -0.1) is 0 Å². The number of cyclic esters (lactones) is 1. The molecule has 1 fully saturated rings. The zero-order valence-electron chi connectivity index (χ0n) is 11.6. The van der Waals surface area contributed by atoms with Gasteiger partial charge in [0.05, 0.1) is 11.5 Å². The van der Waals surface area contributed by atoms with Gasteiger partial charge in [0.15, 0.2) is 5.78 Å². The minimum Gasteiger partial charge on any atom is -0.457 e. The molecule has 1 saturated heterocycles. The van der Waals surface area contributed by atoms with Gasteiger partial charge in [-0.25, -0.2) is 4.79 Å². The van der Waals surface area contributed by atoms with Gasteiger partial charge in [-0.1, -0.05) is 6.58 Å². The normalized spacial score (nSPS) is 36.5. The van der Waals surface area contributed by atoms with E-state index < -0.39 is 29.5 Å². The number of aliphatic hydroxyl groups is 1. The van der Waals surface area contributed by atoms with E-state index in [4.69, 9.17) is 4.74 Å². The fourth-order valence-corrected chi connectivity index (χ4v) is 2.87. The van der Waals surface area contributed by atoms with Crippen molar-refractivity contribution in [2.75, 3.05) is 0 Å². The summed E-state index contributed by atoms with van der Waals surface area (Å²) in [5, 5.41) is 10.3. The van der Waals surface area contributed by atoms with Crippen LogP contribution in [-0.4, -0.2) is 34.3 Å². The zero-order valence-corrected chi connectivity index (χ0v) is 11.6. The Kier molecular flexibility index (Phi) is 3.65. The maximum atomic E-state index is 11.9. The van der Waals surface area contributed by atoms with Gasteiger partial charge in [-0.2, -0.15) is 0 Å². The van der Waals surface area contributed by atoms with Gasteiger partial charge >= 0.3 is 5.97 Å². The fourth-order valence-electron chi connectivity index (χ4n) is 2.87. The summed E-state index contributed by atoms with van der Waals surface area (Å²) in [7, 11) is 0. The number of esters is 1. The third-order valence-electron chi connectivity index (χ3n) is 4.01. The molecule has 0 radical (unpaired) electrons. The standard InChI is InChI=1S/C15H18O5/c1-8(16)4-5-10-9(2)14(18)20-13(10)12-11(17)6-7-15(12,3)19/h6-7,10,12-13,19H,2,4-5H2,1,3H3/t10-,12+,13-,15+/m1/s1. The van der Waals surface area contributed by atoms with Crippen LogP contribution in [0, 0.1) is 11.8 Å². The van der Waals surface area contributed by atoms with Crippen molar-refractivity contribution in [3.8, 4) is 0 Å². The second kappa shape index (κ2) is 4.98. The molecule has 0 aromatic rings. The summed E-state index contributed by atoms with van der Waals surface area (Å²) >= 11 is 0. The van der Waals surface area contributed by atoms with E-state index in [0.29, 0.717) is 6.42 Å². The van der Waals surface area contributed by atoms with Gasteiger partial charge in [-0.3, -0.25) is 4.79 Å². The van der Waals surface area contributed by atoms with Crippen LogP contribution in [0.4, 0.5) is 0 Å². The Bertz CT molecular complexity index is 514. The Labute approximate surface area is 117 Å². The van der Waals surface area contributed by atoms with Gasteiger partial charge in [0.1, 0.15) is 11.9 Å². The van der Waals surface area contributed by atoms with Crippen molar-refractivity contribution in [3.63, 3.8) is 0 Å². The van der Waals surface area contributed by atoms with E-state index >= 15 is 0 Å². The molecule has 108 valence electrons. The first-order valence-corrected chi connectivity index (χ1v) is 6.58. The summed E-state index contributed by atoms with van der Waals surface area (Å²) in [4.78, 5) is 34.8. The molecule has 5 nitrogen and oxygen atoms in total. The van der Waals surface area contributed by atoms with Crippen molar-refractivity contribution < 1.29 is 24.2 Å². The van der Waals surface area contributed by atoms with Crippen molar-refractivity contribution in [1.82, 2.24) is 0 Å². The number of ether oxygens (including phenoxy) is 1. The average molecular weight is 278 g/mol. The van der Waals surface area contributed by atoms with Gasteiger partial charge in [0, 0.05) is 17.9 Å². The Morgan fingerprint density at radius 2 is 2.15 bits per heavy atom. The SMILES string of the molecule is C=C1C(=O)O[C@@H]([C@@H]2C(=O)C=C[C@]2(C)O)[C@@H]1CCC(C)=O. The number of allylic oxidation sites excluding steroid dienone is 1. The van der Waals surface area contributed by atoms with Crippen LogP contribution >= 0.6 is 0 Å². The maximum absolute atomic E-state index is 11.9. The molecule has 0 spiro atoms. The molecule has 0 aromatic heterocycles. The predicted octanol–water partition coefficient (Wildman–Crippen LogP) is 0.959. The molecule has 0 aromatic carbocycles. The van der Waals surface area contributed by atoms with E-state index in [1.165, 1.54) is 26.0 Å². The van der Waals surface area contributed by atoms with Crippen LogP contribution in [0.15, 0.2) is 24.3 Å². The van der Waals surface area contributed by atoms with Crippen molar-refractivity contribution >= 4 is 17.5 Å². The fraction of sp³-hybridized carbons (Fsp3) is 0.533. The lowest BCUT2D eigenvalue weighted by Crippen LogP contribution is -2.44. The maximum Gasteiger partial charge on any atom is 0.334 e. The summed E-state index contributed by atoms with van der Waals surface area (Å²) in [6.45, 7) is 6.67. The molecule has 0 unspecified atom stereocenters. The van der Waals surface area contributed by atoms with E-state index in [1.54, 1.807) is 0 Å². The van der Waals surface area contributed by atoms with Gasteiger partial charge in [0.25, 0.3) is 0 Å². The number of carbonyl (C=O) groups is 3. The molecule has 2 aliphatic rings. The first-order valence-electron chi connectivity index (χ1n) is 6.58. The molecule has 1 heterocycles. The van der Waals surface area contributed by atoms with Gasteiger partial charge in [0.2, 0.25) is 0 Å². The van der Waals surface area contributed by atoms with Crippen LogP contribution in [0.5, 0.6) is 0 Å². The number of Topliss-reactive ketones (excluding diaryl/α,β-unsaturated/α-hetero) is 1. The van der Waals surface area contributed by atoms with Crippen LogP contribution in [0.3, 0.4) is 0 Å². The van der Waals surface area contributed by atoms with Gasteiger partial charge < -0.3 is 14.6 Å². The molecule has 1 aliphatic heterocycles. The molecular formula is C15H18O5. The molecule has 1 aliphatic carbocycles. The highest BCUT2D eigenvalue weighted by Crippen LogP contribution is 2.41. The number of rotatable bonds is 4. The summed E-state index contributed by atoms with van der Waals surface area (Å²) in [6, 6.07) is 0. The van der Waals surface area contributed by atoms with E-state index in [-0.39, 0.29) is 23.6 Å². The first kappa shape index (κ1) is 14.7. The Balaban J connectivity index is 2.24. The smallest absolute Gasteiger partial charge is 0.334 e. The first-order chi connectivity index (χ1) is 9.24. The van der Waals surface area contributed by atoms with Crippen molar-refractivity contribution in [2.45, 2.75) is 38.4 Å². The Hall–Kier alpha value is -1.75. The van der Waals surface area contributed by atoms with Crippen LogP contribution in [0.25, 0.3) is 0 Å². The zero-order chi connectivity index (χ0) is 15.1. The summed E-state index contributed by atoms with van der Waals surface area (Å²) in [5.74, 6) is -2.07. The summed E-state index contributed by atoms with van der Waals surface area (Å²) in [6.07, 6.45) is 2.64. The number of hydrogen-bond donors (Lipinski definition) is 1. The van der Waals surface area contributed by atoms with Gasteiger partial charge in [-0.05, 0) is 32.4 Å².